The van der Waals surface area contributed by atoms with Crippen molar-refractivity contribution in [2.24, 2.45) is 0 Å². The highest BCUT2D eigenvalue weighted by Crippen LogP contribution is 2.18. The number of hydrogen-bond acceptors (Lipinski definition) is 16. The minimum absolute atomic E-state index is 0.0221. The molecule has 0 aromatic carbocycles. The van der Waals surface area contributed by atoms with Crippen LogP contribution in [0.2, 0.25) is 0 Å². The van der Waals surface area contributed by atoms with Crippen molar-refractivity contribution in [1.29, 1.82) is 0 Å². The molecule has 2 amide bonds. The van der Waals surface area contributed by atoms with Gasteiger partial charge in [-0.15, -0.1) is 0 Å². The maximum Gasteiger partial charge on any atom is 0.413 e. The predicted octanol–water partition coefficient (Wildman–Crippen LogP) is 4.05. The summed E-state index contributed by atoms with van der Waals surface area (Å²) in [5.74, 6) is -6.17. The van der Waals surface area contributed by atoms with E-state index in [0.29, 0.717) is 0 Å². The van der Waals surface area contributed by atoms with E-state index in [1.807, 2.05) is 0 Å². The fourth-order valence-corrected chi connectivity index (χ4v) is 3.47. The third-order valence-corrected chi connectivity index (χ3v) is 6.57. The quantitative estimate of drug-likeness (QED) is 0.0606. The number of rotatable bonds is 24. The fraction of sp³-hybridized carbons (Fsp3) is 0.385. The lowest BCUT2D eigenvalue weighted by Gasteiger charge is -2.33. The van der Waals surface area contributed by atoms with Gasteiger partial charge in [-0.1, -0.05) is 52.6 Å². The van der Waals surface area contributed by atoms with Crippen molar-refractivity contribution in [2.45, 2.75) is 59.0 Å². The van der Waals surface area contributed by atoms with Crippen molar-refractivity contribution in [3.63, 3.8) is 0 Å². The molecule has 0 heterocycles. The van der Waals surface area contributed by atoms with E-state index in [1.165, 1.54) is 41.5 Å². The first-order valence-electron chi connectivity index (χ1n) is 16.6. The highest BCUT2D eigenvalue weighted by molar-refractivity contribution is 5.89. The number of carbonyl (C=O) groups excluding carboxylic acids is 8. The van der Waals surface area contributed by atoms with E-state index in [-0.39, 0.29) is 45.0 Å². The molecule has 0 aliphatic rings. The molecule has 18 heteroatoms. The van der Waals surface area contributed by atoms with Crippen LogP contribution >= 0.6 is 0 Å². The first-order chi connectivity index (χ1) is 26.2. The van der Waals surface area contributed by atoms with Gasteiger partial charge in [-0.05, 0) is 41.5 Å². The Morgan fingerprint density at radius 3 is 0.702 bits per heavy atom. The Kier molecular flexibility index (Phi) is 20.5. The zero-order valence-corrected chi connectivity index (χ0v) is 33.1. The average molecular weight is 803 g/mol. The van der Waals surface area contributed by atoms with E-state index >= 15 is 0 Å². The van der Waals surface area contributed by atoms with Gasteiger partial charge in [0.15, 0.2) is 0 Å². The largest absolute Gasteiger partial charge is 0.460 e. The lowest BCUT2D eigenvalue weighted by molar-refractivity contribution is -0.154. The molecule has 0 unspecified atom stereocenters. The van der Waals surface area contributed by atoms with Gasteiger partial charge in [0.2, 0.25) is 0 Å². The Morgan fingerprint density at radius 1 is 0.368 bits per heavy atom. The lowest BCUT2D eigenvalue weighted by Crippen LogP contribution is -2.59. The normalized spacial score (nSPS) is 10.5. The van der Waals surface area contributed by atoms with Gasteiger partial charge in [0.1, 0.15) is 62.2 Å². The second kappa shape index (κ2) is 23.3. The maximum absolute atomic E-state index is 13.2. The van der Waals surface area contributed by atoms with Crippen molar-refractivity contribution in [3.05, 3.63) is 97.6 Å². The van der Waals surface area contributed by atoms with E-state index in [9.17, 15) is 38.4 Å². The molecule has 312 valence electrons. The molecule has 0 aromatic rings. The third kappa shape index (κ3) is 19.4. The number of hydrogen-bond donors (Lipinski definition) is 2. The van der Waals surface area contributed by atoms with Crippen molar-refractivity contribution < 1.29 is 76.3 Å². The third-order valence-electron chi connectivity index (χ3n) is 6.57. The Balaban J connectivity index is 6.24. The molecule has 0 atom stereocenters. The Labute approximate surface area is 330 Å². The van der Waals surface area contributed by atoms with Crippen LogP contribution in [0.15, 0.2) is 97.6 Å². The number of nitrogens with one attached hydrogen (secondary N) is 2. The van der Waals surface area contributed by atoms with Crippen molar-refractivity contribution in [3.8, 4) is 0 Å². The van der Waals surface area contributed by atoms with Gasteiger partial charge >= 0.3 is 48.0 Å². The minimum Gasteiger partial charge on any atom is -0.460 e. The molecule has 0 radical (unpaired) electrons. The van der Waals surface area contributed by atoms with Crippen LogP contribution in [0.4, 0.5) is 9.59 Å². The van der Waals surface area contributed by atoms with Gasteiger partial charge in [-0.3, -0.25) is 0 Å². The summed E-state index contributed by atoms with van der Waals surface area (Å²) in [5, 5.41) is 4.69. The van der Waals surface area contributed by atoms with Gasteiger partial charge in [0.25, 0.3) is 0 Å². The van der Waals surface area contributed by atoms with Crippen molar-refractivity contribution >= 4 is 48.0 Å². The van der Waals surface area contributed by atoms with Crippen molar-refractivity contribution in [1.82, 2.24) is 10.6 Å². The Morgan fingerprint density at radius 2 is 0.544 bits per heavy atom. The molecule has 2 N–H and O–H groups in total. The molecular weight excluding hydrogens is 752 g/mol. The summed E-state index contributed by atoms with van der Waals surface area (Å²) in [6.07, 6.45) is -3.11. The van der Waals surface area contributed by atoms with Crippen LogP contribution in [0.3, 0.4) is 0 Å². The minimum atomic E-state index is -1.95. The van der Waals surface area contributed by atoms with Crippen LogP contribution in [-0.2, 0) is 66.7 Å². The summed E-state index contributed by atoms with van der Waals surface area (Å²) in [4.78, 5) is 99.9. The summed E-state index contributed by atoms with van der Waals surface area (Å²) in [6, 6.07) is 0. The summed E-state index contributed by atoms with van der Waals surface area (Å²) in [5.41, 5.74) is -4.04. The summed E-state index contributed by atoms with van der Waals surface area (Å²) in [7, 11) is 0. The van der Waals surface area contributed by atoms with Gasteiger partial charge in [-0.25, -0.2) is 38.4 Å². The zero-order chi connectivity index (χ0) is 44.3. The number of alkyl carbamates (subject to hydrolysis) is 2. The molecule has 0 fully saturated rings. The molecule has 0 saturated heterocycles. The number of amides is 2. The first-order valence-corrected chi connectivity index (χ1v) is 16.6. The Hall–Kier alpha value is -6.72. The molecule has 18 nitrogen and oxygen atoms in total. The fourth-order valence-electron chi connectivity index (χ4n) is 3.47. The molecule has 0 saturated carbocycles. The van der Waals surface area contributed by atoms with Gasteiger partial charge in [0.05, 0.1) is 6.42 Å². The van der Waals surface area contributed by atoms with Gasteiger partial charge < -0.3 is 48.5 Å². The molecule has 0 spiro atoms. The lowest BCUT2D eigenvalue weighted by atomic mass is 10.0. The monoisotopic (exact) mass is 802 g/mol. The molecule has 0 rings (SSSR count). The second-order valence-electron chi connectivity index (χ2n) is 13.0. The SMILES string of the molecule is C=C(CC(=C)OC(=O)NC(COC(=O)C(=C)C)(COC(=O)C(=C)C)COC(=O)C(=C)C)OC(=O)NC(COC(=O)C(=C)C)(COC(=O)C(=C)C)COC(=O)C(=C)C. The average Bonchev–Trinajstić information content (AvgIpc) is 3.10. The maximum atomic E-state index is 13.2. The molecular formula is C39H50N2O16. The van der Waals surface area contributed by atoms with Crippen LogP contribution in [0, 0.1) is 0 Å². The summed E-state index contributed by atoms with van der Waals surface area (Å²) in [6.45, 7) is 31.8. The highest BCUT2D eigenvalue weighted by Gasteiger charge is 2.40. The van der Waals surface area contributed by atoms with Crippen LogP contribution in [0.25, 0.3) is 0 Å². The van der Waals surface area contributed by atoms with Crippen LogP contribution in [0.1, 0.15) is 48.0 Å². The summed E-state index contributed by atoms with van der Waals surface area (Å²) >= 11 is 0. The van der Waals surface area contributed by atoms with E-state index in [2.05, 4.69) is 63.3 Å². The Bertz CT molecular complexity index is 1460. The molecule has 0 aliphatic heterocycles. The topological polar surface area (TPSA) is 234 Å². The number of ether oxygens (including phenoxy) is 8. The van der Waals surface area contributed by atoms with Gasteiger partial charge in [-0.2, -0.15) is 0 Å². The molecule has 0 aliphatic carbocycles. The summed E-state index contributed by atoms with van der Waals surface area (Å²) < 4.78 is 41.6. The zero-order valence-electron chi connectivity index (χ0n) is 33.1. The molecule has 0 aromatic heterocycles. The van der Waals surface area contributed by atoms with Crippen LogP contribution < -0.4 is 10.6 Å². The van der Waals surface area contributed by atoms with Crippen molar-refractivity contribution in [2.75, 3.05) is 39.6 Å². The van der Waals surface area contributed by atoms with Crippen LogP contribution in [-0.4, -0.2) is 98.7 Å². The highest BCUT2D eigenvalue weighted by atomic mass is 16.6. The van der Waals surface area contributed by atoms with E-state index in [4.69, 9.17) is 37.9 Å². The van der Waals surface area contributed by atoms with E-state index in [0.717, 1.165) is 0 Å². The second-order valence-corrected chi connectivity index (χ2v) is 13.0. The van der Waals surface area contributed by atoms with E-state index < -0.39 is 105 Å². The molecule has 0 bridgehead atoms. The predicted molar refractivity (Wildman–Crippen MR) is 202 cm³/mol. The smallest absolute Gasteiger partial charge is 0.413 e. The van der Waals surface area contributed by atoms with E-state index in [1.54, 1.807) is 0 Å². The number of esters is 6. The first kappa shape index (κ1) is 50.3. The molecule has 57 heavy (non-hydrogen) atoms. The van der Waals surface area contributed by atoms with Crippen LogP contribution in [0.5, 0.6) is 0 Å². The standard InChI is InChI=1S/C39H50N2O16/c1-22(2)30(42)50-16-38(17-51-31(43)23(3)4,18-52-32(44)24(5)6)40-36(48)56-28(13)15-29(14)57-37(49)41-39(19-53-33(45)25(7)8,20-54-34(46)26(9)10)21-55-35(47)27(11)12/h1,3,5,7,9,11,13-21H2,2,4,6,8,10,12H3,(H,40,48)(H,41,49). The number of carbonyl (C=O) groups is 8. The van der Waals surface area contributed by atoms with Gasteiger partial charge in [0, 0.05) is 33.4 Å².